The lowest BCUT2D eigenvalue weighted by Gasteiger charge is -2.37. The quantitative estimate of drug-likeness (QED) is 0.847. The zero-order valence-corrected chi connectivity index (χ0v) is 12.1. The van der Waals surface area contributed by atoms with Gasteiger partial charge in [0.05, 0.1) is 25.7 Å². The molecule has 0 bridgehead atoms. The van der Waals surface area contributed by atoms with Crippen molar-refractivity contribution in [3.05, 3.63) is 0 Å². The topological polar surface area (TPSA) is 70.1 Å². The predicted molar refractivity (Wildman–Crippen MR) is 73.5 cm³/mol. The molecule has 2 aliphatic rings. The Morgan fingerprint density at radius 2 is 2.05 bits per heavy atom. The van der Waals surface area contributed by atoms with Gasteiger partial charge < -0.3 is 19.6 Å². The van der Waals surface area contributed by atoms with Gasteiger partial charge in [-0.1, -0.05) is 12.8 Å². The fraction of sp³-hybridized carbons (Fsp3) is 0.857. The van der Waals surface area contributed by atoms with Crippen LogP contribution in [0.4, 0.5) is 4.79 Å². The Bertz CT molecular complexity index is 355. The van der Waals surface area contributed by atoms with Crippen molar-refractivity contribution in [2.75, 3.05) is 33.4 Å². The lowest BCUT2D eigenvalue weighted by atomic mass is 10.1. The summed E-state index contributed by atoms with van der Waals surface area (Å²) in [5, 5.41) is 8.93. The zero-order valence-electron chi connectivity index (χ0n) is 12.1. The minimum Gasteiger partial charge on any atom is -0.481 e. The number of nitrogens with zero attached hydrogens (tertiary/aromatic N) is 2. The number of aliphatic carboxylic acids is 1. The van der Waals surface area contributed by atoms with Crippen LogP contribution in [-0.4, -0.2) is 66.3 Å². The van der Waals surface area contributed by atoms with Gasteiger partial charge in [0, 0.05) is 20.1 Å². The first-order valence-electron chi connectivity index (χ1n) is 7.39. The number of carboxylic acids is 1. The molecule has 1 unspecified atom stereocenters. The molecule has 1 atom stereocenters. The number of ether oxygens (including phenoxy) is 1. The average Bonchev–Trinajstić information content (AvgIpc) is 2.90. The van der Waals surface area contributed by atoms with E-state index in [1.807, 2.05) is 7.05 Å². The third-order valence-electron chi connectivity index (χ3n) is 4.22. The summed E-state index contributed by atoms with van der Waals surface area (Å²) >= 11 is 0. The smallest absolute Gasteiger partial charge is 0.320 e. The van der Waals surface area contributed by atoms with E-state index in [-0.39, 0.29) is 18.5 Å². The van der Waals surface area contributed by atoms with Gasteiger partial charge in [0.2, 0.25) is 0 Å². The van der Waals surface area contributed by atoms with Crippen LogP contribution in [0.15, 0.2) is 0 Å². The highest BCUT2D eigenvalue weighted by molar-refractivity contribution is 5.76. The minimum absolute atomic E-state index is 0.0526. The maximum absolute atomic E-state index is 12.5. The molecule has 0 aromatic carbocycles. The summed E-state index contributed by atoms with van der Waals surface area (Å²) < 4.78 is 5.30. The molecular weight excluding hydrogens is 260 g/mol. The second-order valence-electron chi connectivity index (χ2n) is 5.83. The van der Waals surface area contributed by atoms with Crippen molar-refractivity contribution in [3.8, 4) is 0 Å². The normalized spacial score (nSPS) is 23.9. The number of hydrogen-bond donors (Lipinski definition) is 1. The van der Waals surface area contributed by atoms with E-state index < -0.39 is 5.97 Å². The van der Waals surface area contributed by atoms with Crippen LogP contribution < -0.4 is 0 Å². The second-order valence-corrected chi connectivity index (χ2v) is 5.83. The molecule has 6 nitrogen and oxygen atoms in total. The first kappa shape index (κ1) is 15.1. The van der Waals surface area contributed by atoms with Crippen molar-refractivity contribution in [3.63, 3.8) is 0 Å². The van der Waals surface area contributed by atoms with E-state index in [0.717, 1.165) is 6.54 Å². The van der Waals surface area contributed by atoms with E-state index in [2.05, 4.69) is 0 Å². The Morgan fingerprint density at radius 3 is 2.70 bits per heavy atom. The van der Waals surface area contributed by atoms with Crippen LogP contribution in [0.25, 0.3) is 0 Å². The molecule has 1 saturated carbocycles. The van der Waals surface area contributed by atoms with Crippen LogP contribution >= 0.6 is 0 Å². The molecule has 1 N–H and O–H groups in total. The Labute approximate surface area is 119 Å². The molecule has 1 heterocycles. The molecule has 2 fully saturated rings. The van der Waals surface area contributed by atoms with E-state index in [1.165, 1.54) is 25.7 Å². The Morgan fingerprint density at radius 1 is 1.35 bits per heavy atom. The third-order valence-corrected chi connectivity index (χ3v) is 4.22. The maximum Gasteiger partial charge on any atom is 0.320 e. The highest BCUT2D eigenvalue weighted by atomic mass is 16.5. The number of rotatable bonds is 4. The van der Waals surface area contributed by atoms with Crippen molar-refractivity contribution in [1.29, 1.82) is 0 Å². The summed E-state index contributed by atoms with van der Waals surface area (Å²) in [5.74, 6) is -0.292. The predicted octanol–water partition coefficient (Wildman–Crippen LogP) is 1.40. The third kappa shape index (κ3) is 3.85. The summed E-state index contributed by atoms with van der Waals surface area (Å²) in [4.78, 5) is 26.8. The van der Waals surface area contributed by atoms with Crippen LogP contribution in [-0.2, 0) is 9.53 Å². The number of carboxylic acid groups (broad SMARTS) is 1. The van der Waals surface area contributed by atoms with Gasteiger partial charge in [-0.15, -0.1) is 0 Å². The molecule has 2 amide bonds. The van der Waals surface area contributed by atoms with Gasteiger partial charge in [-0.05, 0) is 18.8 Å². The summed E-state index contributed by atoms with van der Waals surface area (Å²) in [7, 11) is 1.81. The molecule has 1 saturated heterocycles. The molecule has 0 aromatic heterocycles. The van der Waals surface area contributed by atoms with E-state index >= 15 is 0 Å². The SMILES string of the molecule is CN(CC1CCCC1)C(=O)N1CCOCC1CC(=O)O. The fourth-order valence-electron chi connectivity index (χ4n) is 3.15. The number of urea groups is 1. The number of carbonyl (C=O) groups excluding carboxylic acids is 1. The number of hydrogen-bond acceptors (Lipinski definition) is 3. The molecular formula is C14H24N2O4. The number of amides is 2. The molecule has 1 aliphatic heterocycles. The van der Waals surface area contributed by atoms with E-state index in [9.17, 15) is 9.59 Å². The van der Waals surface area contributed by atoms with Gasteiger partial charge in [-0.25, -0.2) is 4.79 Å². The zero-order chi connectivity index (χ0) is 14.5. The van der Waals surface area contributed by atoms with Crippen molar-refractivity contribution in [2.45, 2.75) is 38.1 Å². The lowest BCUT2D eigenvalue weighted by molar-refractivity contribution is -0.139. The largest absolute Gasteiger partial charge is 0.481 e. The molecule has 0 spiro atoms. The minimum atomic E-state index is -0.892. The molecule has 0 radical (unpaired) electrons. The van der Waals surface area contributed by atoms with Crippen molar-refractivity contribution < 1.29 is 19.4 Å². The molecule has 1 aliphatic carbocycles. The monoisotopic (exact) mass is 284 g/mol. The Hall–Kier alpha value is -1.30. The second kappa shape index (κ2) is 6.92. The Balaban J connectivity index is 1.91. The fourth-order valence-corrected chi connectivity index (χ4v) is 3.15. The molecule has 0 aromatic rings. The number of morpholine rings is 1. The average molecular weight is 284 g/mol. The maximum atomic E-state index is 12.5. The van der Waals surface area contributed by atoms with Crippen LogP contribution in [0.1, 0.15) is 32.1 Å². The van der Waals surface area contributed by atoms with Gasteiger partial charge in [0.25, 0.3) is 0 Å². The first-order chi connectivity index (χ1) is 9.58. The molecule has 20 heavy (non-hydrogen) atoms. The summed E-state index contributed by atoms with van der Waals surface area (Å²) in [6, 6.07) is -0.411. The van der Waals surface area contributed by atoms with E-state index in [0.29, 0.717) is 25.7 Å². The van der Waals surface area contributed by atoms with Crippen LogP contribution in [0.3, 0.4) is 0 Å². The summed E-state index contributed by atoms with van der Waals surface area (Å²) in [5.41, 5.74) is 0. The van der Waals surface area contributed by atoms with E-state index in [4.69, 9.17) is 9.84 Å². The standard InChI is InChI=1S/C14H24N2O4/c1-15(9-11-4-2-3-5-11)14(19)16-6-7-20-10-12(16)8-13(17)18/h11-12H,2-10H2,1H3,(H,17,18). The molecule has 6 heteroatoms. The number of carbonyl (C=O) groups is 2. The van der Waals surface area contributed by atoms with Gasteiger partial charge in [0.1, 0.15) is 0 Å². The highest BCUT2D eigenvalue weighted by Crippen LogP contribution is 2.25. The highest BCUT2D eigenvalue weighted by Gasteiger charge is 2.31. The van der Waals surface area contributed by atoms with Gasteiger partial charge in [0.15, 0.2) is 0 Å². The van der Waals surface area contributed by atoms with Crippen molar-refractivity contribution >= 4 is 12.0 Å². The van der Waals surface area contributed by atoms with Crippen molar-refractivity contribution in [1.82, 2.24) is 9.80 Å². The summed E-state index contributed by atoms with van der Waals surface area (Å²) in [6.07, 6.45) is 4.85. The van der Waals surface area contributed by atoms with Crippen molar-refractivity contribution in [2.24, 2.45) is 5.92 Å². The van der Waals surface area contributed by atoms with Crippen LogP contribution in [0.2, 0.25) is 0 Å². The summed E-state index contributed by atoms with van der Waals surface area (Å²) in [6.45, 7) is 2.05. The van der Waals surface area contributed by atoms with Crippen LogP contribution in [0, 0.1) is 5.92 Å². The van der Waals surface area contributed by atoms with Gasteiger partial charge >= 0.3 is 12.0 Å². The van der Waals surface area contributed by atoms with Gasteiger partial charge in [-0.3, -0.25) is 4.79 Å². The lowest BCUT2D eigenvalue weighted by Crippen LogP contribution is -2.54. The van der Waals surface area contributed by atoms with Gasteiger partial charge in [-0.2, -0.15) is 0 Å². The Kier molecular flexibility index (Phi) is 5.23. The van der Waals surface area contributed by atoms with Crippen LogP contribution in [0.5, 0.6) is 0 Å². The van der Waals surface area contributed by atoms with E-state index in [1.54, 1.807) is 9.80 Å². The molecule has 114 valence electrons. The molecule has 2 rings (SSSR count). The first-order valence-corrected chi connectivity index (χ1v) is 7.39.